The second kappa shape index (κ2) is 5.97. The molecule has 0 bridgehead atoms. The second-order valence-electron chi connectivity index (χ2n) is 3.19. The van der Waals surface area contributed by atoms with Crippen molar-refractivity contribution >= 4 is 46.0 Å². The molecule has 2 aromatic rings. The molecule has 0 aromatic carbocycles. The number of hydrogen-bond acceptors (Lipinski definition) is 4. The molecule has 0 radical (unpaired) electrons. The van der Waals surface area contributed by atoms with Crippen molar-refractivity contribution in [2.45, 2.75) is 6.42 Å². The van der Waals surface area contributed by atoms with E-state index in [1.807, 2.05) is 23.6 Å². The summed E-state index contributed by atoms with van der Waals surface area (Å²) in [7, 11) is 0. The predicted octanol–water partition coefficient (Wildman–Crippen LogP) is 2.64. The third kappa shape index (κ3) is 3.97. The molecule has 2 heterocycles. The van der Waals surface area contributed by atoms with Crippen molar-refractivity contribution in [1.29, 1.82) is 0 Å². The topological polar surface area (TPSA) is 54.6 Å². The molecule has 1 N–H and O–H groups in total. The first-order valence-electron chi connectivity index (χ1n) is 4.83. The number of hydrogen-bond donors (Lipinski definition) is 1. The van der Waals surface area contributed by atoms with Gasteiger partial charge in [-0.15, -0.1) is 11.3 Å². The van der Waals surface area contributed by atoms with Crippen molar-refractivity contribution in [2.24, 2.45) is 5.10 Å². The van der Waals surface area contributed by atoms with Gasteiger partial charge in [-0.25, -0.2) is 5.43 Å². The maximum absolute atomic E-state index is 11.5. The molecule has 1 amide bonds. The Balaban J connectivity index is 1.82. The summed E-state index contributed by atoms with van der Waals surface area (Å²) in [5, 5.41) is 5.76. The third-order valence-electron chi connectivity index (χ3n) is 1.89. The number of halogens is 1. The molecule has 0 aliphatic heterocycles. The fourth-order valence-corrected chi connectivity index (χ4v) is 2.31. The van der Waals surface area contributed by atoms with E-state index in [2.05, 4.69) is 33.1 Å². The number of nitrogens with one attached hydrogen (secondary N) is 1. The molecule has 0 saturated heterocycles. The highest BCUT2D eigenvalue weighted by atomic mass is 127. The van der Waals surface area contributed by atoms with Gasteiger partial charge in [0.15, 0.2) is 3.77 Å². The Morgan fingerprint density at radius 2 is 2.41 bits per heavy atom. The first-order valence-corrected chi connectivity index (χ1v) is 6.79. The van der Waals surface area contributed by atoms with Crippen molar-refractivity contribution in [1.82, 2.24) is 5.43 Å². The molecule has 0 aliphatic rings. The average Bonchev–Trinajstić information content (AvgIpc) is 2.90. The van der Waals surface area contributed by atoms with E-state index >= 15 is 0 Å². The average molecular weight is 360 g/mol. The van der Waals surface area contributed by atoms with E-state index < -0.39 is 0 Å². The minimum atomic E-state index is -0.134. The number of rotatable bonds is 4. The molecule has 17 heavy (non-hydrogen) atoms. The van der Waals surface area contributed by atoms with Crippen molar-refractivity contribution in [3.8, 4) is 0 Å². The molecule has 0 spiro atoms. The molecule has 2 aromatic heterocycles. The summed E-state index contributed by atoms with van der Waals surface area (Å²) >= 11 is 3.62. The van der Waals surface area contributed by atoms with Gasteiger partial charge in [0.1, 0.15) is 5.76 Å². The van der Waals surface area contributed by atoms with E-state index in [9.17, 15) is 4.79 Å². The van der Waals surface area contributed by atoms with E-state index in [0.717, 1.165) is 8.64 Å². The summed E-state index contributed by atoms with van der Waals surface area (Å²) in [6.07, 6.45) is 1.83. The number of carbonyl (C=O) groups is 1. The maximum Gasteiger partial charge on any atom is 0.245 e. The van der Waals surface area contributed by atoms with Crippen LogP contribution >= 0.6 is 33.9 Å². The molecule has 2 rings (SSSR count). The Hall–Kier alpha value is -1.15. The van der Waals surface area contributed by atoms with Crippen LogP contribution in [0, 0.1) is 3.77 Å². The van der Waals surface area contributed by atoms with Crippen LogP contribution in [0.25, 0.3) is 0 Å². The van der Waals surface area contributed by atoms with E-state index in [-0.39, 0.29) is 5.91 Å². The summed E-state index contributed by atoms with van der Waals surface area (Å²) in [4.78, 5) is 12.5. The van der Waals surface area contributed by atoms with Gasteiger partial charge in [-0.2, -0.15) is 5.10 Å². The predicted molar refractivity (Wildman–Crippen MR) is 75.2 cm³/mol. The lowest BCUT2D eigenvalue weighted by Gasteiger charge is -1.95. The smallest absolute Gasteiger partial charge is 0.245 e. The van der Waals surface area contributed by atoms with Gasteiger partial charge in [0.2, 0.25) is 5.91 Å². The monoisotopic (exact) mass is 360 g/mol. The lowest BCUT2D eigenvalue weighted by molar-refractivity contribution is -0.120. The quantitative estimate of drug-likeness (QED) is 0.518. The fourth-order valence-electron chi connectivity index (χ4n) is 1.18. The summed E-state index contributed by atoms with van der Waals surface area (Å²) in [5.74, 6) is 0.482. The Labute approximate surface area is 116 Å². The summed E-state index contributed by atoms with van der Waals surface area (Å²) < 4.78 is 6.05. The van der Waals surface area contributed by atoms with E-state index in [4.69, 9.17) is 4.42 Å². The number of nitrogens with zero attached hydrogens (tertiary/aromatic N) is 1. The minimum Gasteiger partial charge on any atom is -0.449 e. The highest BCUT2D eigenvalue weighted by Gasteiger charge is 2.02. The molecule has 0 atom stereocenters. The van der Waals surface area contributed by atoms with Gasteiger partial charge in [0, 0.05) is 4.88 Å². The molecule has 6 heteroatoms. The Morgan fingerprint density at radius 3 is 3.06 bits per heavy atom. The van der Waals surface area contributed by atoms with Gasteiger partial charge in [0.25, 0.3) is 0 Å². The van der Waals surface area contributed by atoms with Gasteiger partial charge < -0.3 is 4.42 Å². The molecular weight excluding hydrogens is 351 g/mol. The molecule has 0 saturated carbocycles. The highest BCUT2D eigenvalue weighted by Crippen LogP contribution is 2.09. The lowest BCUT2D eigenvalue weighted by Crippen LogP contribution is -2.19. The van der Waals surface area contributed by atoms with Gasteiger partial charge in [-0.1, -0.05) is 6.07 Å². The molecule has 0 unspecified atom stereocenters. The maximum atomic E-state index is 11.5. The van der Waals surface area contributed by atoms with Gasteiger partial charge in [-0.05, 0) is 46.2 Å². The van der Waals surface area contributed by atoms with Crippen LogP contribution in [0.5, 0.6) is 0 Å². The molecule has 4 nitrogen and oxygen atoms in total. The second-order valence-corrected chi connectivity index (χ2v) is 5.29. The lowest BCUT2D eigenvalue weighted by atomic mass is 10.3. The molecule has 0 aliphatic carbocycles. The van der Waals surface area contributed by atoms with Crippen LogP contribution < -0.4 is 5.43 Å². The van der Waals surface area contributed by atoms with Crippen LogP contribution in [-0.4, -0.2) is 12.1 Å². The van der Waals surface area contributed by atoms with Crippen molar-refractivity contribution < 1.29 is 9.21 Å². The van der Waals surface area contributed by atoms with E-state index in [1.165, 1.54) is 6.21 Å². The zero-order chi connectivity index (χ0) is 12.1. The van der Waals surface area contributed by atoms with Crippen LogP contribution in [-0.2, 0) is 11.2 Å². The van der Waals surface area contributed by atoms with Gasteiger partial charge >= 0.3 is 0 Å². The number of thiophene rings is 1. The first kappa shape index (κ1) is 12.3. The van der Waals surface area contributed by atoms with Gasteiger partial charge in [0.05, 0.1) is 12.6 Å². The summed E-state index contributed by atoms with van der Waals surface area (Å²) in [5.41, 5.74) is 2.45. The molecule has 0 fully saturated rings. The Bertz CT molecular complexity index is 519. The van der Waals surface area contributed by atoms with Gasteiger partial charge in [-0.3, -0.25) is 4.79 Å². The van der Waals surface area contributed by atoms with E-state index in [0.29, 0.717) is 12.2 Å². The summed E-state index contributed by atoms with van der Waals surface area (Å²) in [6.45, 7) is 0. The molecular formula is C11H9IN2O2S. The third-order valence-corrected chi connectivity index (χ3v) is 3.35. The first-order chi connectivity index (χ1) is 8.24. The standard InChI is InChI=1S/C11H9IN2O2S/c12-10-4-3-8(16-10)7-13-14-11(15)6-9-2-1-5-17-9/h1-5,7H,6H2,(H,14,15)/b13-7-. The number of hydrazone groups is 1. The highest BCUT2D eigenvalue weighted by molar-refractivity contribution is 14.1. The SMILES string of the molecule is O=C(Cc1cccs1)N/N=C\c1ccc(I)o1. The van der Waals surface area contributed by atoms with Crippen molar-refractivity contribution in [2.75, 3.05) is 0 Å². The molecule has 88 valence electrons. The van der Waals surface area contributed by atoms with Crippen LogP contribution in [0.1, 0.15) is 10.6 Å². The largest absolute Gasteiger partial charge is 0.449 e. The van der Waals surface area contributed by atoms with Crippen LogP contribution in [0.4, 0.5) is 0 Å². The Morgan fingerprint density at radius 1 is 1.53 bits per heavy atom. The zero-order valence-electron chi connectivity index (χ0n) is 8.72. The number of furan rings is 1. The van der Waals surface area contributed by atoms with E-state index in [1.54, 1.807) is 17.4 Å². The van der Waals surface area contributed by atoms with Crippen molar-refractivity contribution in [3.63, 3.8) is 0 Å². The minimum absolute atomic E-state index is 0.134. The van der Waals surface area contributed by atoms with Crippen LogP contribution in [0.3, 0.4) is 0 Å². The zero-order valence-corrected chi connectivity index (χ0v) is 11.7. The Kier molecular flexibility index (Phi) is 4.32. The normalized spacial score (nSPS) is 10.9. The van der Waals surface area contributed by atoms with Crippen molar-refractivity contribution in [3.05, 3.63) is 44.0 Å². The van der Waals surface area contributed by atoms with Crippen LogP contribution in [0.2, 0.25) is 0 Å². The number of carbonyl (C=O) groups excluding carboxylic acids is 1. The number of amides is 1. The fraction of sp³-hybridized carbons (Fsp3) is 0.0909. The van der Waals surface area contributed by atoms with Crippen LogP contribution in [0.15, 0.2) is 39.2 Å². The summed E-state index contributed by atoms with van der Waals surface area (Å²) in [6, 6.07) is 7.45.